The number of ketones is 1. The maximum absolute atomic E-state index is 10.5. The van der Waals surface area contributed by atoms with Crippen molar-refractivity contribution < 1.29 is 9.59 Å². The second-order valence-electron chi connectivity index (χ2n) is 3.24. The second-order valence-corrected chi connectivity index (χ2v) is 3.24. The molecule has 0 aromatic rings. The van der Waals surface area contributed by atoms with Gasteiger partial charge in [0.2, 0.25) is 5.91 Å². The molecule has 1 amide bonds. The number of rotatable bonds is 0. The Kier molecular flexibility index (Phi) is 10.9. The van der Waals surface area contributed by atoms with Gasteiger partial charge in [0.15, 0.2) is 0 Å². The molecule has 0 atom stereocenters. The van der Waals surface area contributed by atoms with Crippen LogP contribution in [0.3, 0.4) is 0 Å². The highest BCUT2D eigenvalue weighted by Crippen LogP contribution is 2.04. The molecule has 0 bridgehead atoms. The maximum atomic E-state index is 10.5. The standard InChI is InChI=1S/C5H9NO.C3H6O.C3H6/c1-6-4-2-3-5(6)7;1-3(2)4;1-3-2/h2-4H2,1H3;1-2H3;3H,1H2,2H3. The minimum Gasteiger partial charge on any atom is -0.346 e. The van der Waals surface area contributed by atoms with Gasteiger partial charge in [-0.25, -0.2) is 0 Å². The van der Waals surface area contributed by atoms with E-state index in [4.69, 9.17) is 0 Å². The molecule has 1 saturated heterocycles. The van der Waals surface area contributed by atoms with Gasteiger partial charge >= 0.3 is 0 Å². The summed E-state index contributed by atoms with van der Waals surface area (Å²) in [6.07, 6.45) is 3.56. The Bertz CT molecular complexity index is 184. The van der Waals surface area contributed by atoms with Crippen molar-refractivity contribution in [3.63, 3.8) is 0 Å². The number of carbonyl (C=O) groups is 2. The van der Waals surface area contributed by atoms with Gasteiger partial charge in [-0.15, -0.1) is 6.58 Å². The minimum atomic E-state index is 0.167. The molecule has 1 heterocycles. The summed E-state index contributed by atoms with van der Waals surface area (Å²) in [6, 6.07) is 0. The SMILES string of the molecule is C=CC.CC(C)=O.CN1CCCC1=O. The first-order valence-corrected chi connectivity index (χ1v) is 4.73. The molecule has 3 heteroatoms. The molecule has 1 aliphatic heterocycles. The van der Waals surface area contributed by atoms with Crippen molar-refractivity contribution in [3.05, 3.63) is 12.7 Å². The molecule has 14 heavy (non-hydrogen) atoms. The highest BCUT2D eigenvalue weighted by molar-refractivity contribution is 5.77. The van der Waals surface area contributed by atoms with E-state index >= 15 is 0 Å². The van der Waals surface area contributed by atoms with E-state index in [2.05, 4.69) is 6.58 Å². The van der Waals surface area contributed by atoms with E-state index in [9.17, 15) is 9.59 Å². The quantitative estimate of drug-likeness (QED) is 0.560. The van der Waals surface area contributed by atoms with Crippen molar-refractivity contribution in [2.45, 2.75) is 33.6 Å². The van der Waals surface area contributed by atoms with Crippen molar-refractivity contribution in [3.8, 4) is 0 Å². The van der Waals surface area contributed by atoms with Crippen LogP contribution in [0.4, 0.5) is 0 Å². The van der Waals surface area contributed by atoms with Gasteiger partial charge in [0.1, 0.15) is 5.78 Å². The van der Waals surface area contributed by atoms with Gasteiger partial charge in [-0.3, -0.25) is 4.79 Å². The van der Waals surface area contributed by atoms with Crippen molar-refractivity contribution in [2.24, 2.45) is 0 Å². The van der Waals surface area contributed by atoms with E-state index in [1.807, 2.05) is 14.0 Å². The Morgan fingerprint density at radius 3 is 1.93 bits per heavy atom. The average Bonchev–Trinajstić information content (AvgIpc) is 2.36. The highest BCUT2D eigenvalue weighted by Gasteiger charge is 2.14. The summed E-state index contributed by atoms with van der Waals surface area (Å²) in [5.41, 5.74) is 0. The van der Waals surface area contributed by atoms with E-state index < -0.39 is 0 Å². The molecule has 0 spiro atoms. The lowest BCUT2D eigenvalue weighted by molar-refractivity contribution is -0.126. The molecule has 82 valence electrons. The first kappa shape index (κ1) is 15.4. The third-order valence-corrected chi connectivity index (χ3v) is 1.31. The van der Waals surface area contributed by atoms with Gasteiger partial charge < -0.3 is 9.69 Å². The van der Waals surface area contributed by atoms with Crippen LogP contribution in [-0.2, 0) is 9.59 Å². The summed E-state index contributed by atoms with van der Waals surface area (Å²) in [4.78, 5) is 21.7. The lowest BCUT2D eigenvalue weighted by Crippen LogP contribution is -2.17. The van der Waals surface area contributed by atoms with Crippen LogP contribution >= 0.6 is 0 Å². The summed E-state index contributed by atoms with van der Waals surface area (Å²) < 4.78 is 0. The molecular weight excluding hydrogens is 178 g/mol. The van der Waals surface area contributed by atoms with Crippen LogP contribution in [-0.4, -0.2) is 30.2 Å². The van der Waals surface area contributed by atoms with Crippen molar-refractivity contribution in [2.75, 3.05) is 13.6 Å². The molecule has 1 rings (SSSR count). The lowest BCUT2D eigenvalue weighted by atomic mass is 10.4. The van der Waals surface area contributed by atoms with Crippen molar-refractivity contribution in [1.82, 2.24) is 4.90 Å². The average molecular weight is 199 g/mol. The monoisotopic (exact) mass is 199 g/mol. The smallest absolute Gasteiger partial charge is 0.222 e. The number of hydrogen-bond donors (Lipinski definition) is 0. The predicted molar refractivity (Wildman–Crippen MR) is 59.1 cm³/mol. The van der Waals surface area contributed by atoms with Crippen LogP contribution in [0.5, 0.6) is 0 Å². The van der Waals surface area contributed by atoms with Crippen LogP contribution in [0.25, 0.3) is 0 Å². The molecule has 0 aliphatic carbocycles. The van der Waals surface area contributed by atoms with E-state index in [1.165, 1.54) is 13.8 Å². The van der Waals surface area contributed by atoms with Crippen molar-refractivity contribution in [1.29, 1.82) is 0 Å². The van der Waals surface area contributed by atoms with Gasteiger partial charge in [0.25, 0.3) is 0 Å². The largest absolute Gasteiger partial charge is 0.346 e. The fourth-order valence-corrected chi connectivity index (χ4v) is 0.783. The number of allylic oxidation sites excluding steroid dienone is 1. The van der Waals surface area contributed by atoms with Gasteiger partial charge in [-0.2, -0.15) is 0 Å². The predicted octanol–water partition coefficient (Wildman–Crippen LogP) is 2.03. The van der Waals surface area contributed by atoms with Gasteiger partial charge in [0.05, 0.1) is 0 Å². The van der Waals surface area contributed by atoms with Crippen LogP contribution in [0, 0.1) is 0 Å². The fourth-order valence-electron chi connectivity index (χ4n) is 0.783. The zero-order valence-corrected chi connectivity index (χ0v) is 9.67. The van der Waals surface area contributed by atoms with E-state index in [-0.39, 0.29) is 5.78 Å². The van der Waals surface area contributed by atoms with E-state index in [1.54, 1.807) is 11.0 Å². The topological polar surface area (TPSA) is 37.4 Å². The molecule has 0 aromatic carbocycles. The molecule has 0 aromatic heterocycles. The summed E-state index contributed by atoms with van der Waals surface area (Å²) >= 11 is 0. The minimum absolute atomic E-state index is 0.167. The summed E-state index contributed by atoms with van der Waals surface area (Å²) in [5, 5.41) is 0. The summed E-state index contributed by atoms with van der Waals surface area (Å²) in [5.74, 6) is 0.458. The van der Waals surface area contributed by atoms with E-state index in [0.29, 0.717) is 5.91 Å². The number of nitrogens with zero attached hydrogens (tertiary/aromatic N) is 1. The van der Waals surface area contributed by atoms with Crippen LogP contribution in [0.15, 0.2) is 12.7 Å². The Morgan fingerprint density at radius 2 is 1.86 bits per heavy atom. The zero-order valence-electron chi connectivity index (χ0n) is 9.67. The third-order valence-electron chi connectivity index (χ3n) is 1.31. The number of likely N-dealkylation sites (tertiary alicyclic amines) is 1. The molecule has 0 N–H and O–H groups in total. The fraction of sp³-hybridized carbons (Fsp3) is 0.636. The van der Waals surface area contributed by atoms with Crippen molar-refractivity contribution >= 4 is 11.7 Å². The molecular formula is C11H21NO2. The van der Waals surface area contributed by atoms with Gasteiger partial charge in [-0.1, -0.05) is 6.08 Å². The lowest BCUT2D eigenvalue weighted by Gasteiger charge is -2.03. The second kappa shape index (κ2) is 9.96. The Labute approximate surface area is 86.8 Å². The first-order valence-electron chi connectivity index (χ1n) is 4.73. The van der Waals surface area contributed by atoms with Crippen LogP contribution in [0.1, 0.15) is 33.6 Å². The number of hydrogen-bond acceptors (Lipinski definition) is 2. The summed E-state index contributed by atoms with van der Waals surface area (Å²) in [6.45, 7) is 9.26. The Morgan fingerprint density at radius 1 is 1.50 bits per heavy atom. The van der Waals surface area contributed by atoms with Gasteiger partial charge in [-0.05, 0) is 27.2 Å². The Hall–Kier alpha value is -1.12. The summed E-state index contributed by atoms with van der Waals surface area (Å²) in [7, 11) is 1.84. The van der Waals surface area contributed by atoms with E-state index in [0.717, 1.165) is 19.4 Å². The first-order chi connectivity index (χ1) is 6.45. The molecule has 0 saturated carbocycles. The molecule has 1 fully saturated rings. The third kappa shape index (κ3) is 13.5. The zero-order chi connectivity index (χ0) is 11.6. The Balaban J connectivity index is 0. The maximum Gasteiger partial charge on any atom is 0.222 e. The highest BCUT2D eigenvalue weighted by atomic mass is 16.2. The van der Waals surface area contributed by atoms with Crippen LogP contribution < -0.4 is 0 Å². The van der Waals surface area contributed by atoms with Gasteiger partial charge in [0, 0.05) is 20.0 Å². The molecule has 3 nitrogen and oxygen atoms in total. The number of carbonyl (C=O) groups excluding carboxylic acids is 2. The number of amides is 1. The molecule has 1 aliphatic rings. The molecule has 0 unspecified atom stereocenters. The number of Topliss-reactive ketones (excluding diaryl/α,β-unsaturated/α-hetero) is 1. The molecule has 0 radical (unpaired) electrons. The van der Waals surface area contributed by atoms with Crippen LogP contribution in [0.2, 0.25) is 0 Å². The normalized spacial score (nSPS) is 13.4.